The molecule has 2 atom stereocenters. The highest BCUT2D eigenvalue weighted by Gasteiger charge is 2.46. The Morgan fingerprint density at radius 2 is 2.00 bits per heavy atom. The SMILES string of the molecule is CC1(C2CCS(=O)(=O)CC2)OCC(CC(=O)O)O1. The molecule has 2 saturated heterocycles. The van der Waals surface area contributed by atoms with Crippen LogP contribution in [-0.4, -0.2) is 49.5 Å². The Kier molecular flexibility index (Phi) is 3.66. The lowest BCUT2D eigenvalue weighted by Gasteiger charge is -2.35. The van der Waals surface area contributed by atoms with Gasteiger partial charge in [-0.05, 0) is 19.8 Å². The maximum atomic E-state index is 11.4. The van der Waals surface area contributed by atoms with Gasteiger partial charge in [-0.15, -0.1) is 0 Å². The van der Waals surface area contributed by atoms with E-state index < -0.39 is 27.7 Å². The van der Waals surface area contributed by atoms with Crippen molar-refractivity contribution in [1.82, 2.24) is 0 Å². The second kappa shape index (κ2) is 4.79. The van der Waals surface area contributed by atoms with Crippen LogP contribution < -0.4 is 0 Å². The van der Waals surface area contributed by atoms with Crippen molar-refractivity contribution in [1.29, 1.82) is 0 Å². The van der Waals surface area contributed by atoms with Crippen molar-refractivity contribution in [3.8, 4) is 0 Å². The number of carboxylic acid groups (broad SMARTS) is 1. The number of sulfone groups is 1. The Morgan fingerprint density at radius 3 is 2.56 bits per heavy atom. The molecule has 2 rings (SSSR count). The van der Waals surface area contributed by atoms with Crippen molar-refractivity contribution in [2.24, 2.45) is 5.92 Å². The zero-order valence-corrected chi connectivity index (χ0v) is 11.1. The highest BCUT2D eigenvalue weighted by molar-refractivity contribution is 7.91. The number of hydrogen-bond acceptors (Lipinski definition) is 5. The van der Waals surface area contributed by atoms with Gasteiger partial charge in [0.2, 0.25) is 0 Å². The van der Waals surface area contributed by atoms with E-state index in [0.717, 1.165) is 0 Å². The van der Waals surface area contributed by atoms with Gasteiger partial charge in [-0.3, -0.25) is 4.79 Å². The minimum absolute atomic E-state index is 0.0137. The molecule has 7 heteroatoms. The second-order valence-electron chi connectivity index (χ2n) is 5.09. The molecule has 0 radical (unpaired) electrons. The van der Waals surface area contributed by atoms with E-state index in [1.54, 1.807) is 6.92 Å². The molecule has 0 aromatic heterocycles. The maximum Gasteiger partial charge on any atom is 0.306 e. The van der Waals surface area contributed by atoms with Crippen LogP contribution in [0.25, 0.3) is 0 Å². The molecule has 0 aliphatic carbocycles. The van der Waals surface area contributed by atoms with E-state index in [9.17, 15) is 13.2 Å². The number of carbonyl (C=O) groups is 1. The smallest absolute Gasteiger partial charge is 0.306 e. The molecular formula is C11H18O6S. The van der Waals surface area contributed by atoms with Crippen molar-refractivity contribution in [3.63, 3.8) is 0 Å². The van der Waals surface area contributed by atoms with E-state index in [2.05, 4.69) is 0 Å². The molecule has 1 N–H and O–H groups in total. The second-order valence-corrected chi connectivity index (χ2v) is 7.39. The standard InChI is InChI=1S/C11H18O6S/c1-11(8-2-4-18(14,15)5-3-8)16-7-9(17-11)6-10(12)13/h8-9H,2-7H2,1H3,(H,12,13). The van der Waals surface area contributed by atoms with Gasteiger partial charge in [-0.1, -0.05) is 0 Å². The van der Waals surface area contributed by atoms with Gasteiger partial charge in [-0.25, -0.2) is 8.42 Å². The molecule has 0 saturated carbocycles. The van der Waals surface area contributed by atoms with Crippen LogP contribution in [0.1, 0.15) is 26.2 Å². The highest BCUT2D eigenvalue weighted by atomic mass is 32.2. The van der Waals surface area contributed by atoms with E-state index in [1.165, 1.54) is 0 Å². The van der Waals surface area contributed by atoms with Crippen molar-refractivity contribution in [3.05, 3.63) is 0 Å². The largest absolute Gasteiger partial charge is 0.481 e. The van der Waals surface area contributed by atoms with Crippen LogP contribution in [0.2, 0.25) is 0 Å². The minimum Gasteiger partial charge on any atom is -0.481 e. The first kappa shape index (κ1) is 13.8. The molecular weight excluding hydrogens is 260 g/mol. The Morgan fingerprint density at radius 1 is 1.39 bits per heavy atom. The molecule has 0 aromatic rings. The van der Waals surface area contributed by atoms with Gasteiger partial charge in [0.05, 0.1) is 30.6 Å². The third-order valence-corrected chi connectivity index (χ3v) is 5.37. The third-order valence-electron chi connectivity index (χ3n) is 3.66. The van der Waals surface area contributed by atoms with E-state index >= 15 is 0 Å². The molecule has 6 nitrogen and oxygen atoms in total. The lowest BCUT2D eigenvalue weighted by Crippen LogP contribution is -2.41. The average Bonchev–Trinajstić information content (AvgIpc) is 2.60. The van der Waals surface area contributed by atoms with E-state index in [0.29, 0.717) is 12.8 Å². The molecule has 0 spiro atoms. The summed E-state index contributed by atoms with van der Waals surface area (Å²) in [5.41, 5.74) is 0. The number of hydrogen-bond donors (Lipinski definition) is 1. The Labute approximate surface area is 106 Å². The third kappa shape index (κ3) is 3.02. The van der Waals surface area contributed by atoms with Crippen LogP contribution in [0.5, 0.6) is 0 Å². The summed E-state index contributed by atoms with van der Waals surface area (Å²) in [7, 11) is -2.91. The molecule has 104 valence electrons. The normalized spacial score (nSPS) is 36.6. The summed E-state index contributed by atoms with van der Waals surface area (Å²) in [5.74, 6) is -1.43. The minimum atomic E-state index is -2.91. The summed E-state index contributed by atoms with van der Waals surface area (Å²) in [6.45, 7) is 2.03. The summed E-state index contributed by atoms with van der Waals surface area (Å²) < 4.78 is 34.0. The molecule has 0 amide bonds. The lowest BCUT2D eigenvalue weighted by molar-refractivity contribution is -0.194. The molecule has 0 bridgehead atoms. The first-order valence-corrected chi connectivity index (χ1v) is 7.87. The fourth-order valence-electron chi connectivity index (χ4n) is 2.58. The molecule has 2 fully saturated rings. The van der Waals surface area contributed by atoms with Gasteiger partial charge >= 0.3 is 5.97 Å². The zero-order valence-electron chi connectivity index (χ0n) is 10.3. The average molecular weight is 278 g/mol. The predicted molar refractivity (Wildman–Crippen MR) is 62.9 cm³/mol. The first-order chi connectivity index (χ1) is 8.31. The fourth-order valence-corrected chi connectivity index (χ4v) is 4.07. The van der Waals surface area contributed by atoms with E-state index in [4.69, 9.17) is 14.6 Å². The van der Waals surface area contributed by atoms with E-state index in [1.807, 2.05) is 0 Å². The Bertz CT molecular complexity index is 417. The molecule has 18 heavy (non-hydrogen) atoms. The quantitative estimate of drug-likeness (QED) is 0.804. The summed E-state index contributed by atoms with van der Waals surface area (Å²) in [6.07, 6.45) is 0.503. The zero-order chi connectivity index (χ0) is 13.4. The predicted octanol–water partition coefficient (Wildman–Crippen LogP) is 0.417. The van der Waals surface area contributed by atoms with E-state index in [-0.39, 0.29) is 30.5 Å². The molecule has 0 aromatic carbocycles. The topological polar surface area (TPSA) is 89.9 Å². The summed E-state index contributed by atoms with van der Waals surface area (Å²) in [4.78, 5) is 10.6. The van der Waals surface area contributed by atoms with Crippen molar-refractivity contribution in [2.45, 2.75) is 38.1 Å². The lowest BCUT2D eigenvalue weighted by atomic mass is 9.94. The first-order valence-electron chi connectivity index (χ1n) is 6.05. The summed E-state index contributed by atoms with van der Waals surface area (Å²) >= 11 is 0. The van der Waals surface area contributed by atoms with Crippen LogP contribution in [0.3, 0.4) is 0 Å². The van der Waals surface area contributed by atoms with Gasteiger partial charge < -0.3 is 14.6 Å². The number of rotatable bonds is 3. The van der Waals surface area contributed by atoms with Crippen LogP contribution in [0, 0.1) is 5.92 Å². The fraction of sp³-hybridized carbons (Fsp3) is 0.909. The maximum absolute atomic E-state index is 11.4. The van der Waals surface area contributed by atoms with Crippen LogP contribution in [0.4, 0.5) is 0 Å². The monoisotopic (exact) mass is 278 g/mol. The molecule has 2 heterocycles. The van der Waals surface area contributed by atoms with Gasteiger partial charge in [0.15, 0.2) is 5.79 Å². The van der Waals surface area contributed by atoms with Gasteiger partial charge in [0, 0.05) is 5.92 Å². The van der Waals surface area contributed by atoms with Crippen molar-refractivity contribution in [2.75, 3.05) is 18.1 Å². The summed E-state index contributed by atoms with van der Waals surface area (Å²) in [6, 6.07) is 0. The Hall–Kier alpha value is -0.660. The number of ether oxygens (including phenoxy) is 2. The molecule has 2 aliphatic heterocycles. The van der Waals surface area contributed by atoms with Gasteiger partial charge in [0.25, 0.3) is 0 Å². The van der Waals surface area contributed by atoms with Crippen LogP contribution in [0.15, 0.2) is 0 Å². The Balaban J connectivity index is 1.95. The highest BCUT2D eigenvalue weighted by Crippen LogP contribution is 2.38. The van der Waals surface area contributed by atoms with Crippen LogP contribution >= 0.6 is 0 Å². The van der Waals surface area contributed by atoms with Gasteiger partial charge in [0.1, 0.15) is 9.84 Å². The van der Waals surface area contributed by atoms with Crippen molar-refractivity contribution < 1.29 is 27.8 Å². The summed E-state index contributed by atoms with van der Waals surface area (Å²) in [5, 5.41) is 8.71. The molecule has 2 unspecified atom stereocenters. The van der Waals surface area contributed by atoms with Gasteiger partial charge in [-0.2, -0.15) is 0 Å². The van der Waals surface area contributed by atoms with Crippen molar-refractivity contribution >= 4 is 15.8 Å². The van der Waals surface area contributed by atoms with Crippen LogP contribution in [-0.2, 0) is 24.1 Å². The molecule has 2 aliphatic rings. The number of carboxylic acids is 1. The number of aliphatic carboxylic acids is 1.